The molecule has 132 valence electrons. The minimum absolute atomic E-state index is 0.326. The van der Waals surface area contributed by atoms with Crippen LogP contribution in [0.25, 0.3) is 0 Å². The first-order valence-corrected chi connectivity index (χ1v) is 8.22. The Balaban J connectivity index is 1.69. The number of hydrazine groups is 1. The van der Waals surface area contributed by atoms with E-state index in [4.69, 9.17) is 5.73 Å². The van der Waals surface area contributed by atoms with Crippen LogP contribution in [0.3, 0.4) is 0 Å². The summed E-state index contributed by atoms with van der Waals surface area (Å²) in [6, 6.07) is 5.25. The van der Waals surface area contributed by atoms with Gasteiger partial charge < -0.3 is 10.6 Å². The number of nitrogens with one attached hydrogen (secondary N) is 2. The molecule has 2 heterocycles. The van der Waals surface area contributed by atoms with Gasteiger partial charge in [0, 0.05) is 18.7 Å². The van der Waals surface area contributed by atoms with Crippen molar-refractivity contribution in [1.82, 2.24) is 15.4 Å². The normalized spacial score (nSPS) is 17.2. The molecule has 1 aliphatic heterocycles. The van der Waals surface area contributed by atoms with Crippen molar-refractivity contribution in [2.75, 3.05) is 29.1 Å². The minimum Gasteiger partial charge on any atom is -0.393 e. The van der Waals surface area contributed by atoms with Gasteiger partial charge in [0.2, 0.25) is 0 Å². The first-order valence-electron chi connectivity index (χ1n) is 8.22. The molecule has 7 nitrogen and oxygen atoms in total. The van der Waals surface area contributed by atoms with E-state index in [-0.39, 0.29) is 0 Å². The predicted molar refractivity (Wildman–Crippen MR) is 94.5 cm³/mol. The number of nitrogen functional groups attached to an aromatic ring is 1. The summed E-state index contributed by atoms with van der Waals surface area (Å²) < 4.78 is 12.9. The third-order valence-electron chi connectivity index (χ3n) is 4.22. The first kappa shape index (κ1) is 16.9. The Morgan fingerprint density at radius 2 is 2.08 bits per heavy atom. The Labute approximate surface area is 145 Å². The molecule has 1 amide bonds. The van der Waals surface area contributed by atoms with E-state index in [0.29, 0.717) is 28.8 Å². The van der Waals surface area contributed by atoms with Gasteiger partial charge in [0.15, 0.2) is 11.6 Å². The zero-order chi connectivity index (χ0) is 17.8. The van der Waals surface area contributed by atoms with Gasteiger partial charge in [-0.15, -0.1) is 0 Å². The van der Waals surface area contributed by atoms with E-state index in [1.54, 1.807) is 0 Å². The Morgan fingerprint density at radius 3 is 2.80 bits per heavy atom. The molecule has 2 aromatic rings. The monoisotopic (exact) mass is 344 g/mol. The Morgan fingerprint density at radius 1 is 1.32 bits per heavy atom. The fraction of sp³-hybridized carbons (Fsp3) is 0.353. The molecule has 0 aliphatic carbocycles. The second kappa shape index (κ2) is 7.33. The molecule has 1 aromatic carbocycles. The lowest BCUT2D eigenvalue weighted by atomic mass is 10.0. The van der Waals surface area contributed by atoms with Crippen molar-refractivity contribution in [1.29, 1.82) is 0 Å². The lowest BCUT2D eigenvalue weighted by Crippen LogP contribution is -2.36. The lowest BCUT2D eigenvalue weighted by molar-refractivity contribution is 0.0962. The summed E-state index contributed by atoms with van der Waals surface area (Å²) >= 11 is 0. The molecule has 3 rings (SSSR count). The largest absolute Gasteiger partial charge is 0.393 e. The molecule has 0 radical (unpaired) electrons. The van der Waals surface area contributed by atoms with Crippen LogP contribution in [0, 0.1) is 11.7 Å². The molecule has 1 aliphatic rings. The van der Waals surface area contributed by atoms with E-state index in [2.05, 4.69) is 32.6 Å². The van der Waals surface area contributed by atoms with Crippen LogP contribution in [0.15, 0.2) is 30.6 Å². The Bertz CT molecular complexity index is 751. The summed E-state index contributed by atoms with van der Waals surface area (Å²) in [7, 11) is 0. The number of rotatable bonds is 4. The predicted octanol–water partition coefficient (Wildman–Crippen LogP) is 2.19. The number of anilines is 3. The zero-order valence-corrected chi connectivity index (χ0v) is 14.0. The second-order valence-electron chi connectivity index (χ2n) is 6.24. The van der Waals surface area contributed by atoms with Crippen molar-refractivity contribution in [2.24, 2.45) is 5.92 Å². The van der Waals surface area contributed by atoms with E-state index in [1.165, 1.54) is 37.0 Å². The molecule has 0 bridgehead atoms. The van der Waals surface area contributed by atoms with Crippen LogP contribution in [-0.4, -0.2) is 29.0 Å². The molecular weight excluding hydrogens is 323 g/mol. The minimum atomic E-state index is -0.411. The molecule has 4 N–H and O–H groups in total. The van der Waals surface area contributed by atoms with Crippen molar-refractivity contribution in [3.8, 4) is 0 Å². The number of carbonyl (C=O) groups is 1. The van der Waals surface area contributed by atoms with Crippen LogP contribution in [-0.2, 0) is 0 Å². The molecule has 25 heavy (non-hydrogen) atoms. The number of amides is 1. The highest BCUT2D eigenvalue weighted by molar-refractivity contribution is 5.95. The van der Waals surface area contributed by atoms with Crippen LogP contribution in [0.2, 0.25) is 0 Å². The van der Waals surface area contributed by atoms with E-state index in [1.807, 2.05) is 0 Å². The molecule has 1 unspecified atom stereocenters. The van der Waals surface area contributed by atoms with Crippen molar-refractivity contribution in [3.63, 3.8) is 0 Å². The van der Waals surface area contributed by atoms with Crippen molar-refractivity contribution in [3.05, 3.63) is 42.0 Å². The van der Waals surface area contributed by atoms with E-state index >= 15 is 0 Å². The molecule has 1 saturated heterocycles. The number of halogens is 1. The van der Waals surface area contributed by atoms with Crippen molar-refractivity contribution < 1.29 is 9.18 Å². The van der Waals surface area contributed by atoms with Gasteiger partial charge in [0.1, 0.15) is 17.8 Å². The van der Waals surface area contributed by atoms with Gasteiger partial charge in [0.25, 0.3) is 5.91 Å². The highest BCUT2D eigenvalue weighted by Crippen LogP contribution is 2.29. The summed E-state index contributed by atoms with van der Waals surface area (Å²) in [6.45, 7) is 3.99. The van der Waals surface area contributed by atoms with E-state index in [0.717, 1.165) is 19.5 Å². The van der Waals surface area contributed by atoms with Crippen LogP contribution < -0.4 is 21.5 Å². The molecule has 1 aromatic heterocycles. The molecule has 1 fully saturated rings. The molecule has 1 atom stereocenters. The SMILES string of the molecule is CC1CCCN(c2ncnc(NNC(=O)c3ccc(F)cc3)c2N)C1. The molecular formula is C17H21FN6O. The Kier molecular flexibility index (Phi) is 4.97. The topological polar surface area (TPSA) is 96.2 Å². The summed E-state index contributed by atoms with van der Waals surface area (Å²) in [4.78, 5) is 22.6. The highest BCUT2D eigenvalue weighted by Gasteiger charge is 2.21. The van der Waals surface area contributed by atoms with Crippen LogP contribution in [0.4, 0.5) is 21.7 Å². The van der Waals surface area contributed by atoms with Crippen molar-refractivity contribution in [2.45, 2.75) is 19.8 Å². The van der Waals surface area contributed by atoms with Gasteiger partial charge in [-0.3, -0.25) is 15.6 Å². The number of nitrogens with zero attached hydrogens (tertiary/aromatic N) is 3. The third-order valence-corrected chi connectivity index (χ3v) is 4.22. The number of benzene rings is 1. The summed E-state index contributed by atoms with van der Waals surface area (Å²) in [5.74, 6) is 0.771. The maximum absolute atomic E-state index is 12.9. The van der Waals surface area contributed by atoms with Crippen LogP contribution in [0.5, 0.6) is 0 Å². The average molecular weight is 344 g/mol. The van der Waals surface area contributed by atoms with E-state index < -0.39 is 11.7 Å². The van der Waals surface area contributed by atoms with E-state index in [9.17, 15) is 9.18 Å². The van der Waals surface area contributed by atoms with Gasteiger partial charge in [-0.05, 0) is 43.0 Å². The maximum atomic E-state index is 12.9. The van der Waals surface area contributed by atoms with Gasteiger partial charge in [0.05, 0.1) is 0 Å². The smallest absolute Gasteiger partial charge is 0.269 e. The number of carbonyl (C=O) groups excluding carboxylic acids is 1. The van der Waals surface area contributed by atoms with Crippen LogP contribution >= 0.6 is 0 Å². The zero-order valence-electron chi connectivity index (χ0n) is 14.0. The van der Waals surface area contributed by atoms with Gasteiger partial charge in [-0.25, -0.2) is 14.4 Å². The number of hydrogen-bond acceptors (Lipinski definition) is 6. The molecule has 0 saturated carbocycles. The van der Waals surface area contributed by atoms with Crippen LogP contribution in [0.1, 0.15) is 30.1 Å². The quantitative estimate of drug-likeness (QED) is 0.736. The highest BCUT2D eigenvalue weighted by atomic mass is 19.1. The Hall–Kier alpha value is -2.90. The molecule has 0 spiro atoms. The fourth-order valence-electron chi connectivity index (χ4n) is 2.91. The lowest BCUT2D eigenvalue weighted by Gasteiger charge is -2.32. The summed E-state index contributed by atoms with van der Waals surface area (Å²) in [6.07, 6.45) is 3.70. The van der Waals surface area contributed by atoms with Gasteiger partial charge in [-0.1, -0.05) is 6.92 Å². The summed E-state index contributed by atoms with van der Waals surface area (Å²) in [5, 5.41) is 0. The van der Waals surface area contributed by atoms with Gasteiger partial charge >= 0.3 is 0 Å². The van der Waals surface area contributed by atoms with Crippen molar-refractivity contribution >= 4 is 23.2 Å². The number of aromatic nitrogens is 2. The third kappa shape index (κ3) is 3.96. The first-order chi connectivity index (χ1) is 12.0. The maximum Gasteiger partial charge on any atom is 0.269 e. The van der Waals surface area contributed by atoms with Gasteiger partial charge in [-0.2, -0.15) is 0 Å². The number of nitrogens with two attached hydrogens (primary N) is 1. The fourth-order valence-corrected chi connectivity index (χ4v) is 2.91. The number of piperidine rings is 1. The summed E-state index contributed by atoms with van der Waals surface area (Å²) in [5.41, 5.74) is 12.1. The second-order valence-corrected chi connectivity index (χ2v) is 6.24. The molecule has 8 heteroatoms. The average Bonchev–Trinajstić information content (AvgIpc) is 2.61. The number of hydrogen-bond donors (Lipinski definition) is 3. The standard InChI is InChI=1S/C17H21FN6O/c1-11-3-2-8-24(9-11)16-14(19)15(20-10-21-16)22-23-17(25)12-4-6-13(18)7-5-12/h4-7,10-11H,2-3,8-9,19H2,1H3,(H,23,25)(H,20,21,22).